The summed E-state index contributed by atoms with van der Waals surface area (Å²) in [6.45, 7) is 0.778. The molecular formula is C24H29F3N2O. The summed E-state index contributed by atoms with van der Waals surface area (Å²) in [5.41, 5.74) is 1.39. The van der Waals surface area contributed by atoms with Gasteiger partial charge in [0, 0.05) is 36.8 Å². The zero-order valence-electron chi connectivity index (χ0n) is 17.3. The van der Waals surface area contributed by atoms with Gasteiger partial charge >= 0.3 is 6.18 Å². The molecule has 162 valence electrons. The van der Waals surface area contributed by atoms with Crippen LogP contribution in [0.5, 0.6) is 0 Å². The first-order valence-electron chi connectivity index (χ1n) is 11.0. The SMILES string of the molecule is FC(F)(F)c1cncc(CCCC[C@@]2(c3ccncc3)CCOC3(CCCC3)C2)c1. The fourth-order valence-electron chi connectivity index (χ4n) is 5.44. The van der Waals surface area contributed by atoms with E-state index in [9.17, 15) is 13.2 Å². The fourth-order valence-corrected chi connectivity index (χ4v) is 5.44. The highest BCUT2D eigenvalue weighted by atomic mass is 19.4. The molecule has 1 spiro atoms. The van der Waals surface area contributed by atoms with Crippen LogP contribution in [0, 0.1) is 0 Å². The smallest absolute Gasteiger partial charge is 0.375 e. The van der Waals surface area contributed by atoms with Crippen molar-refractivity contribution in [3.05, 3.63) is 59.7 Å². The van der Waals surface area contributed by atoms with E-state index in [4.69, 9.17) is 4.74 Å². The normalized spacial score (nSPS) is 23.7. The number of rotatable bonds is 6. The van der Waals surface area contributed by atoms with Gasteiger partial charge in [0.05, 0.1) is 11.2 Å². The average molecular weight is 419 g/mol. The molecule has 0 aromatic carbocycles. The largest absolute Gasteiger partial charge is 0.417 e. The van der Waals surface area contributed by atoms with Crippen LogP contribution in [-0.2, 0) is 22.7 Å². The van der Waals surface area contributed by atoms with Crippen molar-refractivity contribution in [3.8, 4) is 0 Å². The van der Waals surface area contributed by atoms with Gasteiger partial charge in [0.1, 0.15) is 0 Å². The minimum atomic E-state index is -4.34. The molecule has 1 saturated heterocycles. The van der Waals surface area contributed by atoms with E-state index in [1.54, 1.807) is 6.20 Å². The number of hydrogen-bond donors (Lipinski definition) is 0. The number of alkyl halides is 3. The van der Waals surface area contributed by atoms with Crippen molar-refractivity contribution in [2.75, 3.05) is 6.61 Å². The lowest BCUT2D eigenvalue weighted by atomic mass is 9.65. The molecule has 3 nitrogen and oxygen atoms in total. The van der Waals surface area contributed by atoms with Gasteiger partial charge in [-0.3, -0.25) is 9.97 Å². The predicted molar refractivity (Wildman–Crippen MR) is 109 cm³/mol. The Kier molecular flexibility index (Phi) is 6.14. The second-order valence-corrected chi connectivity index (χ2v) is 8.97. The Labute approximate surface area is 176 Å². The third-order valence-electron chi connectivity index (χ3n) is 6.95. The molecular weight excluding hydrogens is 389 g/mol. The van der Waals surface area contributed by atoms with Gasteiger partial charge in [0.15, 0.2) is 0 Å². The number of halogens is 3. The zero-order chi connectivity index (χ0) is 21.1. The predicted octanol–water partition coefficient (Wildman–Crippen LogP) is 6.27. The van der Waals surface area contributed by atoms with E-state index in [0.717, 1.165) is 57.7 Å². The minimum Gasteiger partial charge on any atom is -0.375 e. The van der Waals surface area contributed by atoms with Gasteiger partial charge in [-0.25, -0.2) is 0 Å². The van der Waals surface area contributed by atoms with Gasteiger partial charge in [-0.15, -0.1) is 0 Å². The maximum absolute atomic E-state index is 12.9. The van der Waals surface area contributed by atoms with Crippen LogP contribution in [0.3, 0.4) is 0 Å². The first kappa shape index (κ1) is 21.3. The third kappa shape index (κ3) is 4.69. The third-order valence-corrected chi connectivity index (χ3v) is 6.95. The number of aryl methyl sites for hydroxylation is 1. The lowest BCUT2D eigenvalue weighted by Crippen LogP contribution is -2.46. The molecule has 6 heteroatoms. The highest BCUT2D eigenvalue weighted by Crippen LogP contribution is 2.50. The van der Waals surface area contributed by atoms with Crippen molar-refractivity contribution < 1.29 is 17.9 Å². The van der Waals surface area contributed by atoms with E-state index in [0.29, 0.717) is 12.0 Å². The van der Waals surface area contributed by atoms with E-state index in [2.05, 4.69) is 22.1 Å². The Bertz CT molecular complexity index is 834. The van der Waals surface area contributed by atoms with Crippen LogP contribution in [0.25, 0.3) is 0 Å². The van der Waals surface area contributed by atoms with Crippen molar-refractivity contribution in [1.82, 2.24) is 9.97 Å². The van der Waals surface area contributed by atoms with Gasteiger partial charge in [-0.2, -0.15) is 13.2 Å². The lowest BCUT2D eigenvalue weighted by Gasteiger charge is -2.47. The molecule has 2 aliphatic rings. The first-order valence-corrected chi connectivity index (χ1v) is 11.0. The molecule has 3 heterocycles. The fraction of sp³-hybridized carbons (Fsp3) is 0.583. The number of unbranched alkanes of at least 4 members (excludes halogenated alkanes) is 1. The van der Waals surface area contributed by atoms with Crippen LogP contribution < -0.4 is 0 Å². The van der Waals surface area contributed by atoms with Crippen LogP contribution in [0.4, 0.5) is 13.2 Å². The zero-order valence-corrected chi connectivity index (χ0v) is 17.3. The van der Waals surface area contributed by atoms with Crippen molar-refractivity contribution >= 4 is 0 Å². The number of nitrogens with zero attached hydrogens (tertiary/aromatic N) is 2. The topological polar surface area (TPSA) is 35.0 Å². The number of ether oxygens (including phenoxy) is 1. The Morgan fingerprint density at radius 1 is 0.967 bits per heavy atom. The molecule has 30 heavy (non-hydrogen) atoms. The van der Waals surface area contributed by atoms with Gasteiger partial charge in [0.25, 0.3) is 0 Å². The van der Waals surface area contributed by atoms with E-state index >= 15 is 0 Å². The summed E-state index contributed by atoms with van der Waals surface area (Å²) in [6.07, 6.45) is 12.0. The second kappa shape index (κ2) is 8.66. The molecule has 1 aliphatic heterocycles. The Morgan fingerprint density at radius 3 is 2.47 bits per heavy atom. The quantitative estimate of drug-likeness (QED) is 0.519. The van der Waals surface area contributed by atoms with Crippen molar-refractivity contribution in [3.63, 3.8) is 0 Å². The number of pyridine rings is 2. The summed E-state index contributed by atoms with van der Waals surface area (Å²) in [5, 5.41) is 0. The summed E-state index contributed by atoms with van der Waals surface area (Å²) in [5.74, 6) is 0. The van der Waals surface area contributed by atoms with E-state index in [1.807, 2.05) is 12.4 Å². The molecule has 2 fully saturated rings. The van der Waals surface area contributed by atoms with Crippen molar-refractivity contribution in [2.24, 2.45) is 0 Å². The highest BCUT2D eigenvalue weighted by molar-refractivity contribution is 5.25. The van der Waals surface area contributed by atoms with Gasteiger partial charge < -0.3 is 4.74 Å². The van der Waals surface area contributed by atoms with Crippen LogP contribution in [0.1, 0.15) is 74.5 Å². The standard InChI is InChI=1S/C24H29F3N2O/c25-24(26,27)21-15-19(16-29-17-21)5-1-2-8-22(20-6-12-28-13-7-20)11-14-30-23(18-22)9-3-4-10-23/h6-7,12-13,15-17H,1-5,8-11,14,18H2/t22-/m1/s1. The summed E-state index contributed by atoms with van der Waals surface area (Å²) >= 11 is 0. The molecule has 4 rings (SSSR count). The maximum Gasteiger partial charge on any atom is 0.417 e. The van der Waals surface area contributed by atoms with Gasteiger partial charge in [-0.1, -0.05) is 19.3 Å². The molecule has 0 unspecified atom stereocenters. The molecule has 0 N–H and O–H groups in total. The molecule has 0 radical (unpaired) electrons. The lowest BCUT2D eigenvalue weighted by molar-refractivity contribution is -0.137. The highest BCUT2D eigenvalue weighted by Gasteiger charge is 2.47. The van der Waals surface area contributed by atoms with Crippen molar-refractivity contribution in [1.29, 1.82) is 0 Å². The molecule has 0 amide bonds. The van der Waals surface area contributed by atoms with E-state index in [1.165, 1.54) is 24.5 Å². The summed E-state index contributed by atoms with van der Waals surface area (Å²) in [7, 11) is 0. The summed E-state index contributed by atoms with van der Waals surface area (Å²) < 4.78 is 45.1. The minimum absolute atomic E-state index is 0.00643. The van der Waals surface area contributed by atoms with Crippen molar-refractivity contribution in [2.45, 2.75) is 81.4 Å². The monoisotopic (exact) mass is 418 g/mol. The molecule has 1 atom stereocenters. The molecule has 1 saturated carbocycles. The van der Waals surface area contributed by atoms with Crippen LogP contribution in [-0.4, -0.2) is 22.2 Å². The van der Waals surface area contributed by atoms with E-state index < -0.39 is 11.7 Å². The number of hydrogen-bond acceptors (Lipinski definition) is 3. The van der Waals surface area contributed by atoms with Gasteiger partial charge in [-0.05, 0) is 74.3 Å². The molecule has 1 aliphatic carbocycles. The van der Waals surface area contributed by atoms with Gasteiger partial charge in [0.2, 0.25) is 0 Å². The summed E-state index contributed by atoms with van der Waals surface area (Å²) in [4.78, 5) is 7.98. The van der Waals surface area contributed by atoms with Crippen LogP contribution in [0.15, 0.2) is 43.0 Å². The van der Waals surface area contributed by atoms with E-state index in [-0.39, 0.29) is 11.0 Å². The summed E-state index contributed by atoms with van der Waals surface area (Å²) in [6, 6.07) is 5.49. The molecule has 2 aromatic heterocycles. The molecule has 0 bridgehead atoms. The van der Waals surface area contributed by atoms with Crippen LogP contribution in [0.2, 0.25) is 0 Å². The Balaban J connectivity index is 1.43. The second-order valence-electron chi connectivity index (χ2n) is 8.97. The average Bonchev–Trinajstić information content (AvgIpc) is 3.19. The maximum atomic E-state index is 12.9. The Morgan fingerprint density at radius 2 is 1.73 bits per heavy atom. The van der Waals surface area contributed by atoms with Crippen LogP contribution >= 0.6 is 0 Å². The Hall–Kier alpha value is -1.95. The number of aromatic nitrogens is 2. The molecule has 2 aromatic rings. The first-order chi connectivity index (χ1) is 14.4.